The van der Waals surface area contributed by atoms with Crippen molar-refractivity contribution in [1.29, 1.82) is 0 Å². The molecule has 2 aromatic carbocycles. The highest BCUT2D eigenvalue weighted by Crippen LogP contribution is 2.21. The molecule has 0 heterocycles. The molecule has 0 aliphatic heterocycles. The van der Waals surface area contributed by atoms with Gasteiger partial charge >= 0.3 is 0 Å². The molecular formula is C22H31IN4OS. The quantitative estimate of drug-likeness (QED) is 0.225. The first-order chi connectivity index (χ1) is 13.6. The molecule has 7 heteroatoms. The van der Waals surface area contributed by atoms with Crippen molar-refractivity contribution in [2.45, 2.75) is 30.0 Å². The highest BCUT2D eigenvalue weighted by Gasteiger charge is 2.10. The van der Waals surface area contributed by atoms with E-state index in [9.17, 15) is 4.79 Å². The fourth-order valence-electron chi connectivity index (χ4n) is 2.66. The van der Waals surface area contributed by atoms with Crippen LogP contribution >= 0.6 is 35.7 Å². The van der Waals surface area contributed by atoms with Crippen molar-refractivity contribution in [3.8, 4) is 0 Å². The number of guanidine groups is 1. The lowest BCUT2D eigenvalue weighted by atomic mass is 10.2. The van der Waals surface area contributed by atoms with Crippen molar-refractivity contribution in [1.82, 2.24) is 15.5 Å². The summed E-state index contributed by atoms with van der Waals surface area (Å²) in [4.78, 5) is 19.6. The predicted molar refractivity (Wildman–Crippen MR) is 134 cm³/mol. The van der Waals surface area contributed by atoms with Gasteiger partial charge in [0.15, 0.2) is 5.96 Å². The normalized spacial score (nSPS) is 11.9. The molecule has 1 unspecified atom stereocenters. The van der Waals surface area contributed by atoms with Gasteiger partial charge in [0.1, 0.15) is 0 Å². The Kier molecular flexibility index (Phi) is 12.5. The van der Waals surface area contributed by atoms with Crippen LogP contribution in [0.25, 0.3) is 0 Å². The summed E-state index contributed by atoms with van der Waals surface area (Å²) < 4.78 is 0. The van der Waals surface area contributed by atoms with Crippen molar-refractivity contribution < 1.29 is 4.79 Å². The molecule has 1 atom stereocenters. The van der Waals surface area contributed by atoms with Crippen LogP contribution in [0, 0.1) is 0 Å². The number of hydrogen-bond donors (Lipinski definition) is 2. The van der Waals surface area contributed by atoms with Gasteiger partial charge in [0.2, 0.25) is 5.91 Å². The van der Waals surface area contributed by atoms with E-state index in [1.165, 1.54) is 4.90 Å². The van der Waals surface area contributed by atoms with Gasteiger partial charge in [0.25, 0.3) is 0 Å². The second-order valence-electron chi connectivity index (χ2n) is 6.61. The third kappa shape index (κ3) is 10.0. The van der Waals surface area contributed by atoms with Crippen molar-refractivity contribution in [2.24, 2.45) is 4.99 Å². The maximum absolute atomic E-state index is 12.3. The van der Waals surface area contributed by atoms with Crippen LogP contribution in [0.5, 0.6) is 0 Å². The van der Waals surface area contributed by atoms with Crippen molar-refractivity contribution in [2.75, 3.05) is 27.2 Å². The van der Waals surface area contributed by atoms with E-state index in [2.05, 4.69) is 46.8 Å². The number of hydrogen-bond acceptors (Lipinski definition) is 3. The largest absolute Gasteiger partial charge is 0.356 e. The topological polar surface area (TPSA) is 56.7 Å². The maximum Gasteiger partial charge on any atom is 0.224 e. The zero-order valence-corrected chi connectivity index (χ0v) is 20.4. The third-order valence-corrected chi connectivity index (χ3v) is 5.29. The van der Waals surface area contributed by atoms with Crippen LogP contribution in [-0.4, -0.2) is 49.2 Å². The molecular weight excluding hydrogens is 495 g/mol. The first-order valence-electron chi connectivity index (χ1n) is 9.52. The number of aliphatic imine (C=N–C) groups is 1. The van der Waals surface area contributed by atoms with Crippen LogP contribution in [0.4, 0.5) is 0 Å². The molecule has 29 heavy (non-hydrogen) atoms. The van der Waals surface area contributed by atoms with Gasteiger partial charge < -0.3 is 15.5 Å². The van der Waals surface area contributed by atoms with Crippen LogP contribution in [0.15, 0.2) is 70.6 Å². The summed E-state index contributed by atoms with van der Waals surface area (Å²) in [6.45, 7) is 4.15. The average Bonchev–Trinajstić information content (AvgIpc) is 2.71. The van der Waals surface area contributed by atoms with Gasteiger partial charge in [-0.05, 0) is 17.7 Å². The Morgan fingerprint density at radius 3 is 2.31 bits per heavy atom. The summed E-state index contributed by atoms with van der Waals surface area (Å²) in [7, 11) is 3.58. The molecule has 0 fully saturated rings. The van der Waals surface area contributed by atoms with Gasteiger partial charge in [-0.25, -0.2) is 0 Å². The first-order valence-corrected chi connectivity index (χ1v) is 10.4. The van der Waals surface area contributed by atoms with E-state index in [0.717, 1.165) is 18.1 Å². The molecule has 2 N–H and O–H groups in total. The smallest absolute Gasteiger partial charge is 0.224 e. The van der Waals surface area contributed by atoms with E-state index >= 15 is 0 Å². The summed E-state index contributed by atoms with van der Waals surface area (Å²) in [5.74, 6) is 0.832. The van der Waals surface area contributed by atoms with Crippen LogP contribution < -0.4 is 10.6 Å². The van der Waals surface area contributed by atoms with Crippen molar-refractivity contribution in [3.63, 3.8) is 0 Å². The van der Waals surface area contributed by atoms with E-state index < -0.39 is 0 Å². The molecule has 0 aromatic heterocycles. The zero-order valence-electron chi connectivity index (χ0n) is 17.3. The Labute approximate surface area is 195 Å². The Bertz CT molecular complexity index is 743. The average molecular weight is 526 g/mol. The van der Waals surface area contributed by atoms with E-state index in [-0.39, 0.29) is 29.9 Å². The number of halogens is 1. The summed E-state index contributed by atoms with van der Waals surface area (Å²) in [5.41, 5.74) is 1.13. The molecule has 0 spiro atoms. The lowest BCUT2D eigenvalue weighted by molar-refractivity contribution is -0.130. The minimum absolute atomic E-state index is 0. The number of carbonyl (C=O) groups excluding carboxylic acids is 1. The fraction of sp³-hybridized carbons (Fsp3) is 0.364. The van der Waals surface area contributed by atoms with Crippen LogP contribution in [-0.2, 0) is 11.3 Å². The van der Waals surface area contributed by atoms with Gasteiger partial charge in [-0.2, -0.15) is 0 Å². The van der Waals surface area contributed by atoms with E-state index in [4.69, 9.17) is 0 Å². The second-order valence-corrected chi connectivity index (χ2v) is 8.12. The number of carbonyl (C=O) groups is 1. The van der Waals surface area contributed by atoms with Crippen molar-refractivity contribution in [3.05, 3.63) is 66.2 Å². The number of benzene rings is 2. The molecule has 2 aromatic rings. The molecule has 0 aliphatic rings. The molecule has 2 rings (SSSR count). The molecule has 0 saturated carbocycles. The van der Waals surface area contributed by atoms with Gasteiger partial charge in [-0.3, -0.25) is 9.79 Å². The highest BCUT2D eigenvalue weighted by molar-refractivity contribution is 14.0. The minimum atomic E-state index is 0. The lowest BCUT2D eigenvalue weighted by Crippen LogP contribution is -2.41. The Morgan fingerprint density at radius 2 is 1.69 bits per heavy atom. The number of rotatable bonds is 9. The third-order valence-electron chi connectivity index (χ3n) is 4.18. The van der Waals surface area contributed by atoms with E-state index in [1.807, 2.05) is 55.2 Å². The first kappa shape index (κ1) is 25.3. The van der Waals surface area contributed by atoms with Gasteiger partial charge in [-0.1, -0.05) is 55.5 Å². The fourth-order valence-corrected chi connectivity index (χ4v) is 3.60. The summed E-state index contributed by atoms with van der Waals surface area (Å²) in [5, 5.41) is 6.95. The molecule has 0 aliphatic carbocycles. The molecule has 1 amide bonds. The van der Waals surface area contributed by atoms with E-state index in [0.29, 0.717) is 24.8 Å². The Balaban J connectivity index is 0.00000420. The van der Waals surface area contributed by atoms with Crippen molar-refractivity contribution >= 4 is 47.6 Å². The monoisotopic (exact) mass is 526 g/mol. The van der Waals surface area contributed by atoms with Crippen LogP contribution in [0.1, 0.15) is 18.9 Å². The molecule has 5 nitrogen and oxygen atoms in total. The van der Waals surface area contributed by atoms with Gasteiger partial charge in [-0.15, -0.1) is 35.7 Å². The van der Waals surface area contributed by atoms with Crippen LogP contribution in [0.2, 0.25) is 0 Å². The standard InChI is InChI=1S/C22H30N4OS.HI/c1-18(28-20-12-8-5-9-13-20)16-25-22(23-2)24-15-14-21(27)26(3)17-19-10-6-4-7-11-19;/h4-13,18H,14-17H2,1-3H3,(H2,23,24,25);1H. The number of amides is 1. The molecule has 0 saturated heterocycles. The van der Waals surface area contributed by atoms with Gasteiger partial charge in [0.05, 0.1) is 0 Å². The Hall–Kier alpha value is -1.74. The number of nitrogens with zero attached hydrogens (tertiary/aromatic N) is 2. The number of nitrogens with one attached hydrogen (secondary N) is 2. The highest BCUT2D eigenvalue weighted by atomic mass is 127. The zero-order chi connectivity index (χ0) is 20.2. The summed E-state index contributed by atoms with van der Waals surface area (Å²) in [6, 6.07) is 20.4. The van der Waals surface area contributed by atoms with Crippen LogP contribution in [0.3, 0.4) is 0 Å². The van der Waals surface area contributed by atoms with E-state index in [1.54, 1.807) is 11.9 Å². The molecule has 0 radical (unpaired) electrons. The second kappa shape index (κ2) is 14.3. The maximum atomic E-state index is 12.3. The summed E-state index contributed by atoms with van der Waals surface area (Å²) in [6.07, 6.45) is 0.429. The number of thioether (sulfide) groups is 1. The Morgan fingerprint density at radius 1 is 1.07 bits per heavy atom. The molecule has 0 bridgehead atoms. The lowest BCUT2D eigenvalue weighted by Gasteiger charge is -2.19. The molecule has 158 valence electrons. The summed E-state index contributed by atoms with van der Waals surface area (Å²) >= 11 is 1.82. The van der Waals surface area contributed by atoms with Gasteiger partial charge in [0, 0.05) is 50.3 Å². The minimum Gasteiger partial charge on any atom is -0.356 e. The predicted octanol–water partition coefficient (Wildman–Crippen LogP) is 4.00. The SMILES string of the molecule is CN=C(NCCC(=O)N(C)Cc1ccccc1)NCC(C)Sc1ccccc1.I.